The van der Waals surface area contributed by atoms with Gasteiger partial charge in [-0.2, -0.15) is 0 Å². The van der Waals surface area contributed by atoms with Crippen LogP contribution in [0.15, 0.2) is 46.9 Å². The van der Waals surface area contributed by atoms with Crippen molar-refractivity contribution in [1.29, 1.82) is 0 Å². The molecule has 3 heteroatoms. The Hall–Kier alpha value is -2.29. The van der Waals surface area contributed by atoms with Gasteiger partial charge in [-0.15, -0.1) is 0 Å². The summed E-state index contributed by atoms with van der Waals surface area (Å²) in [6.45, 7) is 6.18. The third-order valence-electron chi connectivity index (χ3n) is 3.42. The number of benzene rings is 1. The van der Waals surface area contributed by atoms with Crippen molar-refractivity contribution in [1.82, 2.24) is 0 Å². The van der Waals surface area contributed by atoms with Crippen LogP contribution in [0.4, 0.5) is 0 Å². The Bertz CT molecular complexity index is 620. The van der Waals surface area contributed by atoms with Gasteiger partial charge in [0.15, 0.2) is 0 Å². The summed E-state index contributed by atoms with van der Waals surface area (Å²) in [6.07, 6.45) is 4.05. The number of carbonyl (C=O) groups excluding carboxylic acids is 1. The number of furan rings is 1. The summed E-state index contributed by atoms with van der Waals surface area (Å²) >= 11 is 0. The summed E-state index contributed by atoms with van der Waals surface area (Å²) in [5.41, 5.74) is 1.25. The minimum Gasteiger partial charge on any atom is -0.462 e. The third kappa shape index (κ3) is 4.35. The van der Waals surface area contributed by atoms with Crippen molar-refractivity contribution in [2.75, 3.05) is 0 Å². The van der Waals surface area contributed by atoms with E-state index in [1.54, 1.807) is 12.1 Å². The van der Waals surface area contributed by atoms with Gasteiger partial charge >= 0.3 is 5.97 Å². The van der Waals surface area contributed by atoms with E-state index in [0.29, 0.717) is 17.4 Å². The molecule has 0 aliphatic carbocycles. The lowest BCUT2D eigenvalue weighted by Gasteiger charge is -2.09. The smallest absolute Gasteiger partial charge is 0.336 e. The van der Waals surface area contributed by atoms with Gasteiger partial charge in [-0.25, -0.2) is 4.79 Å². The molecule has 0 fully saturated rings. The molecule has 110 valence electrons. The fourth-order valence-corrected chi connectivity index (χ4v) is 1.94. The maximum atomic E-state index is 11.7. The Balaban J connectivity index is 1.95. The normalized spacial score (nSPS) is 12.5. The molecule has 21 heavy (non-hydrogen) atoms. The topological polar surface area (TPSA) is 39.4 Å². The van der Waals surface area contributed by atoms with E-state index in [4.69, 9.17) is 9.15 Å². The Kier molecular flexibility index (Phi) is 4.99. The number of aryl methyl sites for hydroxylation is 1. The highest BCUT2D eigenvalue weighted by Crippen LogP contribution is 2.21. The summed E-state index contributed by atoms with van der Waals surface area (Å²) in [5.74, 6) is 2.09. The number of carbonyl (C=O) groups is 1. The molecule has 0 saturated heterocycles. The van der Waals surface area contributed by atoms with E-state index in [1.807, 2.05) is 37.3 Å². The average Bonchev–Trinajstić information content (AvgIpc) is 2.91. The minimum atomic E-state index is -0.416. The van der Waals surface area contributed by atoms with Crippen molar-refractivity contribution in [3.8, 4) is 5.75 Å². The lowest BCUT2D eigenvalue weighted by atomic mass is 9.99. The highest BCUT2D eigenvalue weighted by Gasteiger charge is 2.05. The fourth-order valence-electron chi connectivity index (χ4n) is 1.94. The molecule has 1 aromatic heterocycles. The van der Waals surface area contributed by atoms with Crippen LogP contribution in [-0.2, 0) is 4.79 Å². The van der Waals surface area contributed by atoms with Crippen LogP contribution in [0.3, 0.4) is 0 Å². The first-order valence-corrected chi connectivity index (χ1v) is 7.14. The van der Waals surface area contributed by atoms with E-state index in [-0.39, 0.29) is 0 Å². The summed E-state index contributed by atoms with van der Waals surface area (Å²) in [5, 5.41) is 0. The number of ether oxygens (including phenoxy) is 1. The van der Waals surface area contributed by atoms with E-state index in [0.717, 1.165) is 12.2 Å². The van der Waals surface area contributed by atoms with Gasteiger partial charge in [0.1, 0.15) is 17.3 Å². The highest BCUT2D eigenvalue weighted by atomic mass is 16.5. The van der Waals surface area contributed by atoms with Gasteiger partial charge in [-0.1, -0.05) is 26.0 Å². The van der Waals surface area contributed by atoms with Crippen LogP contribution in [0.25, 0.3) is 6.08 Å². The Morgan fingerprint density at radius 3 is 2.52 bits per heavy atom. The van der Waals surface area contributed by atoms with Crippen molar-refractivity contribution in [2.24, 2.45) is 0 Å². The molecule has 1 heterocycles. The largest absolute Gasteiger partial charge is 0.462 e. The van der Waals surface area contributed by atoms with E-state index in [1.165, 1.54) is 11.6 Å². The maximum Gasteiger partial charge on any atom is 0.336 e. The van der Waals surface area contributed by atoms with E-state index in [9.17, 15) is 4.79 Å². The van der Waals surface area contributed by atoms with Crippen LogP contribution in [0, 0.1) is 6.92 Å². The van der Waals surface area contributed by atoms with Gasteiger partial charge in [0.2, 0.25) is 0 Å². The molecule has 1 unspecified atom stereocenters. The molecule has 1 aromatic carbocycles. The molecule has 2 aromatic rings. The summed E-state index contributed by atoms with van der Waals surface area (Å²) < 4.78 is 10.6. The van der Waals surface area contributed by atoms with Crippen LogP contribution < -0.4 is 4.74 Å². The lowest BCUT2D eigenvalue weighted by molar-refractivity contribution is -0.128. The van der Waals surface area contributed by atoms with Gasteiger partial charge < -0.3 is 9.15 Å². The van der Waals surface area contributed by atoms with Gasteiger partial charge in [0.05, 0.1) is 0 Å². The zero-order valence-electron chi connectivity index (χ0n) is 12.6. The Labute approximate surface area is 125 Å². The maximum absolute atomic E-state index is 11.7. The number of hydrogen-bond donors (Lipinski definition) is 0. The molecule has 0 bridgehead atoms. The minimum absolute atomic E-state index is 0.416. The summed E-state index contributed by atoms with van der Waals surface area (Å²) in [4.78, 5) is 11.7. The molecule has 3 nitrogen and oxygen atoms in total. The van der Waals surface area contributed by atoms with Crippen molar-refractivity contribution in [2.45, 2.75) is 33.1 Å². The molecule has 0 aliphatic rings. The second-order valence-corrected chi connectivity index (χ2v) is 5.08. The fraction of sp³-hybridized carbons (Fsp3) is 0.278. The van der Waals surface area contributed by atoms with Crippen molar-refractivity contribution < 1.29 is 13.9 Å². The highest BCUT2D eigenvalue weighted by molar-refractivity contribution is 5.88. The number of esters is 1. The first-order chi connectivity index (χ1) is 10.1. The zero-order chi connectivity index (χ0) is 15.2. The lowest BCUT2D eigenvalue weighted by Crippen LogP contribution is -2.03. The van der Waals surface area contributed by atoms with E-state index < -0.39 is 5.97 Å². The van der Waals surface area contributed by atoms with Gasteiger partial charge in [-0.05, 0) is 55.2 Å². The molecule has 0 aliphatic heterocycles. The summed E-state index contributed by atoms with van der Waals surface area (Å²) in [7, 11) is 0. The van der Waals surface area contributed by atoms with Crippen molar-refractivity contribution in [3.63, 3.8) is 0 Å². The Morgan fingerprint density at radius 1 is 1.24 bits per heavy atom. The van der Waals surface area contributed by atoms with Crippen LogP contribution in [0.1, 0.15) is 43.3 Å². The van der Waals surface area contributed by atoms with Crippen LogP contribution >= 0.6 is 0 Å². The summed E-state index contributed by atoms with van der Waals surface area (Å²) in [6, 6.07) is 11.3. The van der Waals surface area contributed by atoms with Crippen LogP contribution in [-0.4, -0.2) is 5.97 Å². The predicted octanol–water partition coefficient (Wildman–Crippen LogP) is 4.72. The quantitative estimate of drug-likeness (QED) is 0.453. The molecule has 0 amide bonds. The molecule has 0 saturated carbocycles. The third-order valence-corrected chi connectivity index (χ3v) is 3.42. The molecule has 0 spiro atoms. The van der Waals surface area contributed by atoms with Gasteiger partial charge in [0, 0.05) is 6.08 Å². The molecule has 0 radical (unpaired) electrons. The van der Waals surface area contributed by atoms with E-state index in [2.05, 4.69) is 13.8 Å². The van der Waals surface area contributed by atoms with Gasteiger partial charge in [-0.3, -0.25) is 0 Å². The van der Waals surface area contributed by atoms with Crippen LogP contribution in [0.5, 0.6) is 5.75 Å². The van der Waals surface area contributed by atoms with E-state index >= 15 is 0 Å². The average molecular weight is 284 g/mol. The monoisotopic (exact) mass is 284 g/mol. The van der Waals surface area contributed by atoms with Crippen LogP contribution in [0.2, 0.25) is 0 Å². The Morgan fingerprint density at radius 2 is 1.95 bits per heavy atom. The second kappa shape index (κ2) is 6.93. The molecule has 0 N–H and O–H groups in total. The first-order valence-electron chi connectivity index (χ1n) is 7.14. The predicted molar refractivity (Wildman–Crippen MR) is 83.3 cm³/mol. The molecular weight excluding hydrogens is 264 g/mol. The molecule has 1 atom stereocenters. The molecular formula is C18H20O3. The molecule has 2 rings (SSSR count). The van der Waals surface area contributed by atoms with Crippen molar-refractivity contribution >= 4 is 12.0 Å². The number of hydrogen-bond acceptors (Lipinski definition) is 3. The van der Waals surface area contributed by atoms with Gasteiger partial charge in [0.25, 0.3) is 0 Å². The first kappa shape index (κ1) is 15.1. The van der Waals surface area contributed by atoms with Crippen molar-refractivity contribution in [3.05, 3.63) is 59.6 Å². The zero-order valence-corrected chi connectivity index (χ0v) is 12.6. The second-order valence-electron chi connectivity index (χ2n) is 5.08. The standard InChI is InChI=1S/C18H20O3/c1-4-13(2)15-6-9-17(10-7-15)21-18(19)12-11-16-8-5-14(3)20-16/h5-13H,4H2,1-3H3. The SMILES string of the molecule is CCC(C)c1ccc(OC(=O)C=Cc2ccc(C)o2)cc1. The number of rotatable bonds is 5.